The smallest absolute Gasteiger partial charge is 0.339 e. The van der Waals surface area contributed by atoms with Gasteiger partial charge >= 0.3 is 5.97 Å². The molecule has 1 aromatic heterocycles. The van der Waals surface area contributed by atoms with Gasteiger partial charge < -0.3 is 15.8 Å². The van der Waals surface area contributed by atoms with Crippen molar-refractivity contribution in [1.29, 1.82) is 0 Å². The van der Waals surface area contributed by atoms with E-state index in [2.05, 4.69) is 17.1 Å². The van der Waals surface area contributed by atoms with Gasteiger partial charge in [0.15, 0.2) is 0 Å². The standard InChI is InChI=1S/C17H20N2O2/c18-16-14(17(20)21)10-15(19-16)13-8-6-12(7-9-13)11-4-2-1-3-5-11/h6-11,19H,1-5,18H2,(H,20,21). The Bertz CT molecular complexity index is 637. The van der Waals surface area contributed by atoms with E-state index < -0.39 is 5.97 Å². The van der Waals surface area contributed by atoms with Gasteiger partial charge in [0, 0.05) is 5.69 Å². The first kappa shape index (κ1) is 13.7. The van der Waals surface area contributed by atoms with Gasteiger partial charge in [-0.2, -0.15) is 0 Å². The lowest BCUT2D eigenvalue weighted by atomic mass is 9.84. The van der Waals surface area contributed by atoms with Crippen molar-refractivity contribution in [3.8, 4) is 11.3 Å². The molecule has 1 saturated carbocycles. The fraction of sp³-hybridized carbons (Fsp3) is 0.353. The van der Waals surface area contributed by atoms with E-state index in [4.69, 9.17) is 10.8 Å². The van der Waals surface area contributed by atoms with Crippen molar-refractivity contribution in [3.63, 3.8) is 0 Å². The minimum absolute atomic E-state index is 0.126. The van der Waals surface area contributed by atoms with E-state index in [1.54, 1.807) is 6.07 Å². The molecule has 2 aromatic rings. The van der Waals surface area contributed by atoms with Crippen LogP contribution in [-0.2, 0) is 0 Å². The molecule has 1 heterocycles. The molecular weight excluding hydrogens is 264 g/mol. The fourth-order valence-electron chi connectivity index (χ4n) is 3.17. The molecule has 0 atom stereocenters. The van der Waals surface area contributed by atoms with Gasteiger partial charge in [-0.15, -0.1) is 0 Å². The number of aromatic nitrogens is 1. The lowest BCUT2D eigenvalue weighted by molar-refractivity contribution is 0.0698. The largest absolute Gasteiger partial charge is 0.478 e. The molecule has 3 rings (SSSR count). The molecule has 4 nitrogen and oxygen atoms in total. The van der Waals surface area contributed by atoms with Crippen molar-refractivity contribution < 1.29 is 9.90 Å². The van der Waals surface area contributed by atoms with E-state index in [1.165, 1.54) is 37.7 Å². The van der Waals surface area contributed by atoms with Crippen LogP contribution in [0.5, 0.6) is 0 Å². The van der Waals surface area contributed by atoms with Crippen LogP contribution in [0.1, 0.15) is 53.9 Å². The van der Waals surface area contributed by atoms with Crippen LogP contribution < -0.4 is 5.73 Å². The first-order valence-corrected chi connectivity index (χ1v) is 7.47. The van der Waals surface area contributed by atoms with Crippen molar-refractivity contribution in [2.24, 2.45) is 0 Å². The normalized spacial score (nSPS) is 16.0. The summed E-state index contributed by atoms with van der Waals surface area (Å²) in [7, 11) is 0. The van der Waals surface area contributed by atoms with Gasteiger partial charge in [-0.1, -0.05) is 43.5 Å². The van der Waals surface area contributed by atoms with E-state index in [1.807, 2.05) is 12.1 Å². The molecule has 4 heteroatoms. The van der Waals surface area contributed by atoms with Crippen LogP contribution in [0.3, 0.4) is 0 Å². The SMILES string of the molecule is Nc1[nH]c(-c2ccc(C3CCCCC3)cc2)cc1C(=O)O. The number of H-pyrrole nitrogens is 1. The van der Waals surface area contributed by atoms with E-state index in [0.29, 0.717) is 5.92 Å². The van der Waals surface area contributed by atoms with Crippen molar-refractivity contribution in [1.82, 2.24) is 4.98 Å². The zero-order chi connectivity index (χ0) is 14.8. The summed E-state index contributed by atoms with van der Waals surface area (Å²) in [5, 5.41) is 9.04. The number of nitrogens with one attached hydrogen (secondary N) is 1. The zero-order valence-corrected chi connectivity index (χ0v) is 11.9. The average molecular weight is 284 g/mol. The summed E-state index contributed by atoms with van der Waals surface area (Å²) in [5.41, 5.74) is 8.92. The van der Waals surface area contributed by atoms with Crippen LogP contribution in [0.15, 0.2) is 30.3 Å². The van der Waals surface area contributed by atoms with Crippen molar-refractivity contribution in [2.75, 3.05) is 5.73 Å². The predicted octanol–water partition coefficient (Wildman–Crippen LogP) is 4.01. The van der Waals surface area contributed by atoms with E-state index in [9.17, 15) is 4.79 Å². The molecule has 0 amide bonds. The number of carboxylic acid groups (broad SMARTS) is 1. The number of hydrogen-bond acceptors (Lipinski definition) is 2. The molecule has 1 aliphatic carbocycles. The molecule has 1 aromatic carbocycles. The van der Waals surface area contributed by atoms with Crippen LogP contribution in [0, 0.1) is 0 Å². The van der Waals surface area contributed by atoms with Gasteiger partial charge in [0.25, 0.3) is 0 Å². The summed E-state index contributed by atoms with van der Waals surface area (Å²) in [4.78, 5) is 14.0. The maximum absolute atomic E-state index is 11.0. The van der Waals surface area contributed by atoms with Crippen LogP contribution in [0.2, 0.25) is 0 Å². The molecule has 0 aliphatic heterocycles. The highest BCUT2D eigenvalue weighted by Gasteiger charge is 2.16. The monoisotopic (exact) mass is 284 g/mol. The van der Waals surface area contributed by atoms with Crippen molar-refractivity contribution >= 4 is 11.8 Å². The molecular formula is C17H20N2O2. The Morgan fingerprint density at radius 3 is 2.38 bits per heavy atom. The fourth-order valence-corrected chi connectivity index (χ4v) is 3.17. The molecule has 0 bridgehead atoms. The molecule has 0 spiro atoms. The number of aromatic carboxylic acids is 1. The lowest BCUT2D eigenvalue weighted by Gasteiger charge is -2.22. The third-order valence-electron chi connectivity index (χ3n) is 4.38. The molecule has 4 N–H and O–H groups in total. The number of hydrogen-bond donors (Lipinski definition) is 3. The first-order valence-electron chi connectivity index (χ1n) is 7.47. The molecule has 21 heavy (non-hydrogen) atoms. The maximum atomic E-state index is 11.0. The van der Waals surface area contributed by atoms with Crippen LogP contribution >= 0.6 is 0 Å². The van der Waals surface area contributed by atoms with E-state index >= 15 is 0 Å². The van der Waals surface area contributed by atoms with Gasteiger partial charge in [0.2, 0.25) is 0 Å². The summed E-state index contributed by atoms with van der Waals surface area (Å²) >= 11 is 0. The molecule has 110 valence electrons. The van der Waals surface area contributed by atoms with Gasteiger partial charge in [0.1, 0.15) is 11.4 Å². The summed E-state index contributed by atoms with van der Waals surface area (Å²) in [5.74, 6) is -0.126. The minimum atomic E-state index is -1.01. The Hall–Kier alpha value is -2.23. The van der Waals surface area contributed by atoms with E-state index in [-0.39, 0.29) is 11.4 Å². The first-order chi connectivity index (χ1) is 10.1. The molecule has 0 saturated heterocycles. The second-order valence-electron chi connectivity index (χ2n) is 5.77. The number of benzene rings is 1. The van der Waals surface area contributed by atoms with Gasteiger partial charge in [0.05, 0.1) is 0 Å². The van der Waals surface area contributed by atoms with Crippen molar-refractivity contribution in [3.05, 3.63) is 41.5 Å². The van der Waals surface area contributed by atoms with Crippen LogP contribution in [0.4, 0.5) is 5.82 Å². The van der Waals surface area contributed by atoms with Gasteiger partial charge in [-0.3, -0.25) is 0 Å². The average Bonchev–Trinajstić information content (AvgIpc) is 2.90. The summed E-state index contributed by atoms with van der Waals surface area (Å²) in [6.07, 6.45) is 6.55. The Balaban J connectivity index is 1.83. The lowest BCUT2D eigenvalue weighted by Crippen LogP contribution is -2.04. The van der Waals surface area contributed by atoms with Crippen LogP contribution in [0.25, 0.3) is 11.3 Å². The molecule has 1 fully saturated rings. The van der Waals surface area contributed by atoms with Gasteiger partial charge in [-0.05, 0) is 36.0 Å². The minimum Gasteiger partial charge on any atom is -0.478 e. The maximum Gasteiger partial charge on any atom is 0.339 e. The third-order valence-corrected chi connectivity index (χ3v) is 4.38. The summed E-state index contributed by atoms with van der Waals surface area (Å²) in [6.45, 7) is 0. The Morgan fingerprint density at radius 2 is 1.81 bits per heavy atom. The number of anilines is 1. The predicted molar refractivity (Wildman–Crippen MR) is 83.4 cm³/mol. The summed E-state index contributed by atoms with van der Waals surface area (Å²) < 4.78 is 0. The second-order valence-corrected chi connectivity index (χ2v) is 5.77. The topological polar surface area (TPSA) is 79.1 Å². The summed E-state index contributed by atoms with van der Waals surface area (Å²) in [6, 6.07) is 9.99. The highest BCUT2D eigenvalue weighted by Crippen LogP contribution is 2.33. The second kappa shape index (κ2) is 5.64. The Morgan fingerprint density at radius 1 is 1.14 bits per heavy atom. The molecule has 1 aliphatic rings. The highest BCUT2D eigenvalue weighted by atomic mass is 16.4. The number of nitrogens with two attached hydrogens (primary N) is 1. The number of rotatable bonds is 3. The van der Waals surface area contributed by atoms with E-state index in [0.717, 1.165) is 11.3 Å². The number of nitrogen functional groups attached to an aromatic ring is 1. The number of carboxylic acids is 1. The third kappa shape index (κ3) is 2.79. The number of carbonyl (C=O) groups is 1. The molecule has 0 unspecified atom stereocenters. The Labute approximate surface area is 124 Å². The zero-order valence-electron chi connectivity index (χ0n) is 11.9. The van der Waals surface area contributed by atoms with Crippen molar-refractivity contribution in [2.45, 2.75) is 38.0 Å². The van der Waals surface area contributed by atoms with Gasteiger partial charge in [-0.25, -0.2) is 4.79 Å². The quantitative estimate of drug-likeness (QED) is 0.796. The Kier molecular flexibility index (Phi) is 3.69. The highest BCUT2D eigenvalue weighted by molar-refractivity contribution is 5.94. The number of aromatic amines is 1. The van der Waals surface area contributed by atoms with Crippen LogP contribution in [-0.4, -0.2) is 16.1 Å². The molecule has 0 radical (unpaired) electrons.